The first kappa shape index (κ1) is 53.8. The van der Waals surface area contributed by atoms with Crippen molar-refractivity contribution in [3.8, 4) is 5.75 Å². The Morgan fingerprint density at radius 2 is 1.00 bits per heavy atom. The van der Waals surface area contributed by atoms with Crippen molar-refractivity contribution >= 4 is 51.7 Å². The second kappa shape index (κ2) is 24.5. The molecule has 1 unspecified atom stereocenters. The number of nitrogens with zero attached hydrogens (tertiary/aromatic N) is 3. The van der Waals surface area contributed by atoms with E-state index in [-0.39, 0.29) is 23.7 Å². The van der Waals surface area contributed by atoms with Crippen molar-refractivity contribution in [2.75, 3.05) is 17.7 Å². The molecule has 3 heterocycles. The predicted octanol–water partition coefficient (Wildman–Crippen LogP) is 13.3. The van der Waals surface area contributed by atoms with Crippen molar-refractivity contribution in [1.82, 2.24) is 15.2 Å². The number of rotatable bonds is 20. The van der Waals surface area contributed by atoms with Gasteiger partial charge in [0.15, 0.2) is 16.9 Å². The number of oxime groups is 1. The molecule has 0 spiro atoms. The topological polar surface area (TPSA) is 131 Å². The first-order valence-corrected chi connectivity index (χ1v) is 29.1. The molecule has 2 amide bonds. The fourth-order valence-electron chi connectivity index (χ4n) is 10.8. The largest absolute Gasteiger partial charge is 0.489 e. The van der Waals surface area contributed by atoms with Crippen molar-refractivity contribution < 1.29 is 28.7 Å². The summed E-state index contributed by atoms with van der Waals surface area (Å²) in [6.45, 7) is 0.0107. The third-order valence-corrected chi connectivity index (χ3v) is 16.9. The minimum atomic E-state index is -1.38. The number of anilines is 1. The van der Waals surface area contributed by atoms with Gasteiger partial charge in [0.25, 0.3) is 11.8 Å². The molecule has 0 bridgehead atoms. The Hall–Kier alpha value is -9.82. The predicted molar refractivity (Wildman–Crippen MR) is 327 cm³/mol. The van der Waals surface area contributed by atoms with Gasteiger partial charge in [0.05, 0.1) is 0 Å². The molecule has 9 aromatic carbocycles. The average Bonchev–Trinajstić information content (AvgIpc) is 3.95. The van der Waals surface area contributed by atoms with E-state index in [4.69, 9.17) is 24.5 Å². The Kier molecular flexibility index (Phi) is 15.9. The number of ether oxygens (including phenoxy) is 2. The van der Waals surface area contributed by atoms with Crippen LogP contribution in [-0.2, 0) is 35.1 Å². The maximum atomic E-state index is 15.6. The highest BCUT2D eigenvalue weighted by molar-refractivity contribution is 8.00. The first-order valence-electron chi connectivity index (χ1n) is 27.2. The molecule has 408 valence electrons. The molecule has 0 saturated carbocycles. The van der Waals surface area contributed by atoms with Gasteiger partial charge in [-0.05, 0) is 39.9 Å². The lowest BCUT2D eigenvalue weighted by Crippen LogP contribution is -2.71. The van der Waals surface area contributed by atoms with Gasteiger partial charge in [0.1, 0.15) is 40.7 Å². The van der Waals surface area contributed by atoms with E-state index in [2.05, 4.69) is 47.0 Å². The number of fused-ring (bicyclic) bond motifs is 1. The lowest BCUT2D eigenvalue weighted by molar-refractivity contribution is -0.154. The van der Waals surface area contributed by atoms with Gasteiger partial charge < -0.3 is 24.9 Å². The fraction of sp³-hybridized carbons (Fsp3) is 0.100. The molecule has 1 aromatic heterocycles. The van der Waals surface area contributed by atoms with Gasteiger partial charge in [-0.2, -0.15) is 0 Å². The number of β-lactam (4-membered cyclic amide) rings is 1. The maximum Gasteiger partial charge on any atom is 0.356 e. The van der Waals surface area contributed by atoms with Crippen LogP contribution in [0, 0.1) is 0 Å². The molecule has 2 aliphatic heterocycles. The number of carbonyl (C=O) groups is 3. The minimum Gasteiger partial charge on any atom is -0.489 e. The number of thioether (sulfide) groups is 1. The van der Waals surface area contributed by atoms with Crippen molar-refractivity contribution in [1.29, 1.82) is 0 Å². The molecule has 1 saturated heterocycles. The molecular formula is C70H55N5O6S2. The number of hydrogen-bond donors (Lipinski definition) is 2. The smallest absolute Gasteiger partial charge is 0.356 e. The SMILES string of the molecule is O=C(NC1C(=O)N2C(C(=O)OC(c3ccccc3)c3ccccc3)=C(COc3ccccc3)CS[C@@H]12)C(=NOC(c1ccccc1)(c1ccccc1)c1ccccc1)c1csc(NC(c2ccccc2)(c2ccccc2)c2ccccc2)n1. The van der Waals surface area contributed by atoms with Crippen LogP contribution in [-0.4, -0.2) is 57.2 Å². The van der Waals surface area contributed by atoms with Crippen molar-refractivity contribution in [3.63, 3.8) is 0 Å². The number of nitrogens with one attached hydrogen (secondary N) is 2. The molecule has 2 N–H and O–H groups in total. The van der Waals surface area contributed by atoms with Crippen molar-refractivity contribution in [3.05, 3.63) is 340 Å². The summed E-state index contributed by atoms with van der Waals surface area (Å²) < 4.78 is 12.7. The Labute approximate surface area is 490 Å². The van der Waals surface area contributed by atoms with Crippen LogP contribution in [0.4, 0.5) is 5.13 Å². The van der Waals surface area contributed by atoms with Crippen LogP contribution < -0.4 is 15.4 Å². The van der Waals surface area contributed by atoms with Crippen LogP contribution in [0.25, 0.3) is 0 Å². The second-order valence-electron chi connectivity index (χ2n) is 19.8. The van der Waals surface area contributed by atoms with Crippen molar-refractivity contribution in [2.24, 2.45) is 5.16 Å². The summed E-state index contributed by atoms with van der Waals surface area (Å²) in [5.41, 5.74) is 4.97. The summed E-state index contributed by atoms with van der Waals surface area (Å²) in [4.78, 5) is 59.2. The highest BCUT2D eigenvalue weighted by atomic mass is 32.2. The van der Waals surface area contributed by atoms with Crippen LogP contribution in [0.3, 0.4) is 0 Å². The Morgan fingerprint density at radius 1 is 0.578 bits per heavy atom. The number of thiazole rings is 1. The van der Waals surface area contributed by atoms with E-state index in [1.54, 1.807) is 5.38 Å². The van der Waals surface area contributed by atoms with Crippen LogP contribution in [0.5, 0.6) is 5.75 Å². The number of benzene rings is 9. The highest BCUT2D eigenvalue weighted by Crippen LogP contribution is 2.45. The van der Waals surface area contributed by atoms with E-state index in [0.29, 0.717) is 22.2 Å². The third-order valence-electron chi connectivity index (χ3n) is 14.8. The second-order valence-corrected chi connectivity index (χ2v) is 21.8. The summed E-state index contributed by atoms with van der Waals surface area (Å²) in [5, 5.41) is 13.3. The summed E-state index contributed by atoms with van der Waals surface area (Å²) in [6.07, 6.45) is -0.794. The zero-order valence-corrected chi connectivity index (χ0v) is 46.4. The summed E-state index contributed by atoms with van der Waals surface area (Å²) in [6, 6.07) is 86.9. The van der Waals surface area contributed by atoms with Crippen LogP contribution in [0.2, 0.25) is 0 Å². The van der Waals surface area contributed by atoms with Crippen molar-refractivity contribution in [2.45, 2.75) is 28.7 Å². The van der Waals surface area contributed by atoms with E-state index in [1.807, 2.05) is 237 Å². The van der Waals surface area contributed by atoms with E-state index in [0.717, 1.165) is 44.5 Å². The lowest BCUT2D eigenvalue weighted by Gasteiger charge is -2.49. The van der Waals surface area contributed by atoms with Gasteiger partial charge in [-0.15, -0.1) is 23.1 Å². The number of esters is 1. The van der Waals surface area contributed by atoms with Gasteiger partial charge in [-0.25, -0.2) is 9.78 Å². The van der Waals surface area contributed by atoms with Gasteiger partial charge >= 0.3 is 5.97 Å². The first-order chi connectivity index (χ1) is 40.9. The quantitative estimate of drug-likeness (QED) is 0.0252. The Morgan fingerprint density at radius 3 is 1.46 bits per heavy atom. The molecule has 12 rings (SSSR count). The normalized spacial score (nSPS) is 15.2. The molecule has 2 aliphatic rings. The number of carbonyl (C=O) groups excluding carboxylic acids is 3. The lowest BCUT2D eigenvalue weighted by atomic mass is 9.77. The Bertz CT molecular complexity index is 3650. The number of aromatic nitrogens is 1. The Balaban J connectivity index is 0.933. The van der Waals surface area contributed by atoms with E-state index < -0.39 is 46.4 Å². The molecule has 83 heavy (non-hydrogen) atoms. The molecule has 11 nitrogen and oxygen atoms in total. The molecule has 2 atom stereocenters. The van der Waals surface area contributed by atoms with Gasteiger partial charge in [-0.3, -0.25) is 14.5 Å². The highest BCUT2D eigenvalue weighted by Gasteiger charge is 2.55. The summed E-state index contributed by atoms with van der Waals surface area (Å²) in [7, 11) is 0. The third kappa shape index (κ3) is 11.0. The molecule has 0 radical (unpaired) electrons. The monoisotopic (exact) mass is 1130 g/mol. The standard InChI is InChI=1S/C70H55N5O6S2/c76-64(72-61-65(77)75-62(51(47-82-66(61)75)46-79-58-44-26-9-27-45-58)67(78)80-63(49-28-10-1-11-29-49)50-30-12-2-13-31-50)60(74-81-70(55-38-20-6-21-39-55,56-40-22-7-23-41-56)57-42-24-8-25-43-57)59-48-83-68(71-59)73-69(52-32-14-3-15-33-52,53-34-16-4-17-35-53)54-36-18-5-19-37-54/h1-45,48,61,63,66H,46-47H2,(H,71,73)(H,72,76)/t61?,66-/m0/s1. The van der Waals surface area contributed by atoms with Gasteiger partial charge in [0, 0.05) is 33.4 Å². The van der Waals surface area contributed by atoms with Crippen LogP contribution in [0.15, 0.2) is 295 Å². The van der Waals surface area contributed by atoms with E-state index in [9.17, 15) is 4.79 Å². The van der Waals surface area contributed by atoms with Gasteiger partial charge in [0.2, 0.25) is 5.60 Å². The molecule has 1 fully saturated rings. The fourth-order valence-corrected chi connectivity index (χ4v) is 12.9. The average molecular weight is 1130 g/mol. The maximum absolute atomic E-state index is 15.6. The van der Waals surface area contributed by atoms with E-state index >= 15 is 9.59 Å². The van der Waals surface area contributed by atoms with E-state index in [1.165, 1.54) is 28.0 Å². The molecular weight excluding hydrogens is 1070 g/mol. The molecule has 13 heteroatoms. The zero-order valence-electron chi connectivity index (χ0n) is 44.8. The van der Waals surface area contributed by atoms with Crippen LogP contribution in [0.1, 0.15) is 56.3 Å². The van der Waals surface area contributed by atoms with Gasteiger partial charge in [-0.1, -0.05) is 266 Å². The van der Waals surface area contributed by atoms with Crippen LogP contribution >= 0.6 is 23.1 Å². The zero-order chi connectivity index (χ0) is 56.4. The number of amides is 2. The minimum absolute atomic E-state index is 0.0107. The molecule has 10 aromatic rings. The number of para-hydroxylation sites is 1. The summed E-state index contributed by atoms with van der Waals surface area (Å²) >= 11 is 2.72. The number of hydrogen-bond acceptors (Lipinski definition) is 11. The molecule has 0 aliphatic carbocycles. The summed E-state index contributed by atoms with van der Waals surface area (Å²) in [5.74, 6) is -1.04.